The fraction of sp³-hybridized carbons (Fsp3) is 0.737. The van der Waals surface area contributed by atoms with Gasteiger partial charge in [-0.15, -0.1) is 0 Å². The molecule has 1 aliphatic heterocycles. The zero-order valence-corrected chi connectivity index (χ0v) is 41.9. The summed E-state index contributed by atoms with van der Waals surface area (Å²) in [7, 11) is 0. The summed E-state index contributed by atoms with van der Waals surface area (Å²) in [6.07, 6.45) is 58.9. The van der Waals surface area contributed by atoms with Crippen molar-refractivity contribution in [1.82, 2.24) is 5.32 Å². The molecule has 7 unspecified atom stereocenters. The molecule has 1 saturated heterocycles. The van der Waals surface area contributed by atoms with Crippen molar-refractivity contribution < 1.29 is 39.8 Å². The molecule has 9 heteroatoms. The first-order valence-corrected chi connectivity index (χ1v) is 26.8. The Hall–Kier alpha value is -2.63. The van der Waals surface area contributed by atoms with Crippen molar-refractivity contribution in [2.24, 2.45) is 0 Å². The molecule has 1 rings (SSSR count). The van der Waals surface area contributed by atoms with Crippen molar-refractivity contribution in [1.29, 1.82) is 0 Å². The molecule has 1 fully saturated rings. The van der Waals surface area contributed by atoms with E-state index in [1.807, 2.05) is 6.08 Å². The van der Waals surface area contributed by atoms with Gasteiger partial charge in [0.2, 0.25) is 5.91 Å². The number of aliphatic hydroxyl groups is 5. The highest BCUT2D eigenvalue weighted by molar-refractivity contribution is 5.76. The summed E-state index contributed by atoms with van der Waals surface area (Å²) >= 11 is 0. The van der Waals surface area contributed by atoms with Crippen molar-refractivity contribution in [3.8, 4) is 0 Å². The number of hydrogen-bond acceptors (Lipinski definition) is 8. The van der Waals surface area contributed by atoms with Crippen LogP contribution in [0.1, 0.15) is 213 Å². The van der Waals surface area contributed by atoms with Crippen LogP contribution in [0.4, 0.5) is 0 Å². The molecule has 0 aromatic heterocycles. The molecule has 9 nitrogen and oxygen atoms in total. The van der Waals surface area contributed by atoms with Gasteiger partial charge in [0.1, 0.15) is 24.4 Å². The van der Waals surface area contributed by atoms with Crippen LogP contribution in [-0.2, 0) is 14.3 Å². The van der Waals surface area contributed by atoms with Crippen LogP contribution in [0.15, 0.2) is 85.1 Å². The molecule has 6 N–H and O–H groups in total. The van der Waals surface area contributed by atoms with Crippen LogP contribution in [0.25, 0.3) is 0 Å². The van der Waals surface area contributed by atoms with Gasteiger partial charge in [-0.05, 0) is 64.2 Å². The minimum atomic E-state index is -1.56. The Kier molecular flexibility index (Phi) is 42.9. The molecule has 1 heterocycles. The van der Waals surface area contributed by atoms with Crippen LogP contribution >= 0.6 is 0 Å². The van der Waals surface area contributed by atoms with E-state index in [1.165, 1.54) is 116 Å². The lowest BCUT2D eigenvalue weighted by Gasteiger charge is -2.40. The molecule has 0 spiro atoms. The van der Waals surface area contributed by atoms with E-state index in [4.69, 9.17) is 9.47 Å². The van der Waals surface area contributed by atoms with E-state index in [0.717, 1.165) is 77.0 Å². The second-order valence-corrected chi connectivity index (χ2v) is 18.3. The zero-order chi connectivity index (χ0) is 48.0. The van der Waals surface area contributed by atoms with E-state index in [-0.39, 0.29) is 12.5 Å². The third-order valence-electron chi connectivity index (χ3n) is 12.2. The van der Waals surface area contributed by atoms with Gasteiger partial charge in [0.05, 0.1) is 25.4 Å². The monoisotopic (exact) mass is 926 g/mol. The number of aliphatic hydroxyl groups excluding tert-OH is 5. The summed E-state index contributed by atoms with van der Waals surface area (Å²) in [4.78, 5) is 12.8. The van der Waals surface area contributed by atoms with E-state index in [1.54, 1.807) is 6.08 Å². The van der Waals surface area contributed by atoms with Crippen LogP contribution in [0.5, 0.6) is 0 Å². The number of unbranched alkanes of at least 4 members (excludes halogenated alkanes) is 22. The molecule has 0 aromatic carbocycles. The Balaban J connectivity index is 1.95. The average molecular weight is 926 g/mol. The maximum absolute atomic E-state index is 12.8. The van der Waals surface area contributed by atoms with Crippen LogP contribution in [0, 0.1) is 0 Å². The maximum Gasteiger partial charge on any atom is 0.220 e. The van der Waals surface area contributed by atoms with Crippen molar-refractivity contribution in [3.05, 3.63) is 85.1 Å². The highest BCUT2D eigenvalue weighted by Crippen LogP contribution is 2.23. The van der Waals surface area contributed by atoms with E-state index in [0.29, 0.717) is 6.42 Å². The number of carbonyl (C=O) groups is 1. The first-order valence-electron chi connectivity index (χ1n) is 26.8. The van der Waals surface area contributed by atoms with Crippen LogP contribution < -0.4 is 5.32 Å². The Morgan fingerprint density at radius 1 is 0.530 bits per heavy atom. The number of carbonyl (C=O) groups excluding carboxylic acids is 1. The zero-order valence-electron chi connectivity index (χ0n) is 41.9. The van der Waals surface area contributed by atoms with Crippen molar-refractivity contribution in [3.63, 3.8) is 0 Å². The minimum Gasteiger partial charge on any atom is -0.394 e. The smallest absolute Gasteiger partial charge is 0.220 e. The Morgan fingerprint density at radius 2 is 0.939 bits per heavy atom. The molecular weight excluding hydrogens is 827 g/mol. The normalized spacial score (nSPS) is 20.5. The largest absolute Gasteiger partial charge is 0.394 e. The Morgan fingerprint density at radius 3 is 1.38 bits per heavy atom. The number of allylic oxidation sites excluding steroid dienone is 13. The number of nitrogens with one attached hydrogen (secondary N) is 1. The van der Waals surface area contributed by atoms with Crippen LogP contribution in [-0.4, -0.2) is 87.5 Å². The lowest BCUT2D eigenvalue weighted by atomic mass is 9.99. The average Bonchev–Trinajstić information content (AvgIpc) is 3.32. The van der Waals surface area contributed by atoms with E-state index >= 15 is 0 Å². The van der Waals surface area contributed by atoms with E-state index in [9.17, 15) is 30.3 Å². The number of hydrogen-bond donors (Lipinski definition) is 6. The standard InChI is InChI=1S/C57H99NO8/c1-3-5-7-9-10-11-12-13-14-15-16-17-18-19-20-21-22-23-24-25-26-27-28-29-30-31-32-33-34-35-36-37-38-39-40-41-42-43-45-47-53(61)58-50(51(60)46-44-8-6-4-2)49-65-57-56(64)55(63)54(62)52(48-59)66-57/h5,7,10-11,13-14,16-17,19-20,22-23,44,46,50-52,54-57,59-60,62-64H,3-4,6,8-9,12,15,18,21,24-43,45,47-49H2,1-2H3,(H,58,61)/b7-5-,11-10-,14-13-,17-16-,20-19-,23-22-,46-44+. The molecule has 7 atom stereocenters. The van der Waals surface area contributed by atoms with Gasteiger partial charge in [0.15, 0.2) is 6.29 Å². The first kappa shape index (κ1) is 61.4. The molecule has 0 radical (unpaired) electrons. The van der Waals surface area contributed by atoms with Crippen molar-refractivity contribution >= 4 is 5.91 Å². The quantitative estimate of drug-likeness (QED) is 0.0261. The Labute approximate surface area is 403 Å². The van der Waals surface area contributed by atoms with Gasteiger partial charge >= 0.3 is 0 Å². The molecule has 1 aliphatic rings. The fourth-order valence-corrected chi connectivity index (χ4v) is 7.97. The topological polar surface area (TPSA) is 149 Å². The summed E-state index contributed by atoms with van der Waals surface area (Å²) in [5, 5.41) is 53.6. The predicted molar refractivity (Wildman–Crippen MR) is 276 cm³/mol. The van der Waals surface area contributed by atoms with Gasteiger partial charge in [-0.2, -0.15) is 0 Å². The number of rotatable bonds is 44. The summed E-state index contributed by atoms with van der Waals surface area (Å²) in [6.45, 7) is 3.50. The molecule has 380 valence electrons. The van der Waals surface area contributed by atoms with Crippen molar-refractivity contribution in [2.75, 3.05) is 13.2 Å². The molecule has 0 aromatic rings. The first-order chi connectivity index (χ1) is 32.3. The third kappa shape index (κ3) is 35.5. The minimum absolute atomic E-state index is 0.187. The van der Waals surface area contributed by atoms with Gasteiger partial charge in [0.25, 0.3) is 0 Å². The lowest BCUT2D eigenvalue weighted by molar-refractivity contribution is -0.302. The van der Waals surface area contributed by atoms with Crippen LogP contribution in [0.2, 0.25) is 0 Å². The predicted octanol–water partition coefficient (Wildman–Crippen LogP) is 12.7. The molecule has 66 heavy (non-hydrogen) atoms. The highest BCUT2D eigenvalue weighted by Gasteiger charge is 2.44. The van der Waals surface area contributed by atoms with Gasteiger partial charge in [-0.25, -0.2) is 0 Å². The highest BCUT2D eigenvalue weighted by atomic mass is 16.7. The summed E-state index contributed by atoms with van der Waals surface area (Å²) in [5.74, 6) is -0.187. The van der Waals surface area contributed by atoms with Gasteiger partial charge in [-0.3, -0.25) is 4.79 Å². The second-order valence-electron chi connectivity index (χ2n) is 18.3. The molecule has 0 bridgehead atoms. The second kappa shape index (κ2) is 46.1. The molecule has 1 amide bonds. The van der Waals surface area contributed by atoms with E-state index in [2.05, 4.69) is 92.1 Å². The van der Waals surface area contributed by atoms with E-state index < -0.39 is 49.5 Å². The van der Waals surface area contributed by atoms with Crippen LogP contribution in [0.3, 0.4) is 0 Å². The molecule has 0 saturated carbocycles. The fourth-order valence-electron chi connectivity index (χ4n) is 7.97. The maximum atomic E-state index is 12.8. The Bertz CT molecular complexity index is 1300. The van der Waals surface area contributed by atoms with Crippen molar-refractivity contribution in [2.45, 2.75) is 256 Å². The SMILES string of the molecule is CC/C=C\C/C=C\C/C=C\C/C=C\C/C=C\C/C=C\CCCCCCCCCCCCCCCCCCCCCCC(=O)NC(COC1OC(CO)C(O)C(O)C1O)C(O)/C=C/CCCC. The summed E-state index contributed by atoms with van der Waals surface area (Å²) in [6, 6.07) is -0.801. The summed E-state index contributed by atoms with van der Waals surface area (Å²) in [5.41, 5.74) is 0. The van der Waals surface area contributed by atoms with Gasteiger partial charge in [-0.1, -0.05) is 227 Å². The number of ether oxygens (including phenoxy) is 2. The van der Waals surface area contributed by atoms with Gasteiger partial charge < -0.3 is 40.3 Å². The summed E-state index contributed by atoms with van der Waals surface area (Å²) < 4.78 is 11.1. The molecular formula is C57H99NO8. The third-order valence-corrected chi connectivity index (χ3v) is 12.2. The lowest BCUT2D eigenvalue weighted by Crippen LogP contribution is -2.60. The molecule has 0 aliphatic carbocycles. The number of amides is 1. The van der Waals surface area contributed by atoms with Gasteiger partial charge in [0, 0.05) is 6.42 Å².